The van der Waals surface area contributed by atoms with Gasteiger partial charge in [0.25, 0.3) is 11.5 Å². The van der Waals surface area contributed by atoms with Crippen molar-refractivity contribution >= 4 is 16.8 Å². The Balaban J connectivity index is 1.59. The van der Waals surface area contributed by atoms with Crippen molar-refractivity contribution in [2.45, 2.75) is 19.9 Å². The molecule has 0 saturated carbocycles. The topological polar surface area (TPSA) is 84.2 Å². The SMILES string of the molecule is Cc1cccc(-c2cccc(CCn3cnc4ccc(C(=O)NO)cc4c3=O)c2)c1. The lowest BCUT2D eigenvalue weighted by molar-refractivity contribution is 0.0706. The van der Waals surface area contributed by atoms with E-state index >= 15 is 0 Å². The van der Waals surface area contributed by atoms with Crippen molar-refractivity contribution in [1.29, 1.82) is 0 Å². The lowest BCUT2D eigenvalue weighted by Gasteiger charge is -2.09. The maximum absolute atomic E-state index is 12.9. The predicted molar refractivity (Wildman–Crippen MR) is 116 cm³/mol. The number of amides is 1. The second-order valence-electron chi connectivity index (χ2n) is 7.24. The summed E-state index contributed by atoms with van der Waals surface area (Å²) >= 11 is 0. The van der Waals surface area contributed by atoms with E-state index in [0.29, 0.717) is 23.9 Å². The molecule has 0 radical (unpaired) electrons. The van der Waals surface area contributed by atoms with E-state index in [1.165, 1.54) is 24.0 Å². The van der Waals surface area contributed by atoms with Crippen LogP contribution in [0.1, 0.15) is 21.5 Å². The lowest BCUT2D eigenvalue weighted by atomic mass is 10.0. The molecule has 1 heterocycles. The molecular weight excluding hydrogens is 378 g/mol. The Morgan fingerprint density at radius 3 is 2.57 bits per heavy atom. The van der Waals surface area contributed by atoms with E-state index in [4.69, 9.17) is 5.21 Å². The number of fused-ring (bicyclic) bond motifs is 1. The minimum Gasteiger partial charge on any atom is -0.298 e. The summed E-state index contributed by atoms with van der Waals surface area (Å²) in [5, 5.41) is 9.16. The summed E-state index contributed by atoms with van der Waals surface area (Å²) in [6, 6.07) is 21.2. The quantitative estimate of drug-likeness (QED) is 0.396. The van der Waals surface area contributed by atoms with Gasteiger partial charge < -0.3 is 0 Å². The molecule has 0 aliphatic carbocycles. The third-order valence-corrected chi connectivity index (χ3v) is 5.11. The van der Waals surface area contributed by atoms with Crippen molar-refractivity contribution in [2.75, 3.05) is 0 Å². The van der Waals surface area contributed by atoms with Crippen LogP contribution in [0, 0.1) is 6.92 Å². The minimum atomic E-state index is -0.667. The monoisotopic (exact) mass is 399 g/mol. The number of hydrogen-bond acceptors (Lipinski definition) is 4. The van der Waals surface area contributed by atoms with Crippen molar-refractivity contribution < 1.29 is 10.0 Å². The third kappa shape index (κ3) is 3.99. The van der Waals surface area contributed by atoms with E-state index in [1.54, 1.807) is 16.1 Å². The molecule has 0 atom stereocenters. The predicted octanol–water partition coefficient (Wildman–Crippen LogP) is 3.73. The summed E-state index contributed by atoms with van der Waals surface area (Å²) in [6.07, 6.45) is 2.20. The van der Waals surface area contributed by atoms with E-state index < -0.39 is 5.91 Å². The fourth-order valence-corrected chi connectivity index (χ4v) is 3.50. The molecule has 0 aliphatic heterocycles. The molecular formula is C24H21N3O3. The summed E-state index contributed by atoms with van der Waals surface area (Å²) in [5.41, 5.74) is 6.70. The molecule has 4 rings (SSSR count). The van der Waals surface area contributed by atoms with Gasteiger partial charge in [-0.2, -0.15) is 0 Å². The van der Waals surface area contributed by atoms with Gasteiger partial charge >= 0.3 is 0 Å². The smallest absolute Gasteiger partial charge is 0.274 e. The molecule has 0 bridgehead atoms. The van der Waals surface area contributed by atoms with Crippen molar-refractivity contribution in [3.63, 3.8) is 0 Å². The Morgan fingerprint density at radius 2 is 1.80 bits per heavy atom. The van der Waals surface area contributed by atoms with Gasteiger partial charge in [-0.15, -0.1) is 0 Å². The standard InChI is InChI=1S/C24H21N3O3/c1-16-4-2-6-18(12-16)19-7-3-5-17(13-19)10-11-27-15-25-22-9-8-20(23(28)26-30)14-21(22)24(27)29/h2-9,12-15,30H,10-11H2,1H3,(H,26,28). The first-order valence-electron chi connectivity index (χ1n) is 9.65. The first-order valence-corrected chi connectivity index (χ1v) is 9.65. The van der Waals surface area contributed by atoms with E-state index in [1.807, 2.05) is 18.2 Å². The van der Waals surface area contributed by atoms with Crippen molar-refractivity contribution in [3.8, 4) is 11.1 Å². The largest absolute Gasteiger partial charge is 0.298 e. The molecule has 4 aromatic rings. The molecule has 30 heavy (non-hydrogen) atoms. The highest BCUT2D eigenvalue weighted by molar-refractivity contribution is 5.97. The number of rotatable bonds is 5. The number of hydroxylamine groups is 1. The molecule has 6 nitrogen and oxygen atoms in total. The molecule has 0 aliphatic rings. The molecule has 6 heteroatoms. The first kappa shape index (κ1) is 19.5. The first-order chi connectivity index (χ1) is 14.5. The summed E-state index contributed by atoms with van der Waals surface area (Å²) in [4.78, 5) is 28.8. The van der Waals surface area contributed by atoms with E-state index in [2.05, 4.69) is 42.2 Å². The van der Waals surface area contributed by atoms with Crippen LogP contribution in [0.4, 0.5) is 0 Å². The average Bonchev–Trinajstić information content (AvgIpc) is 2.78. The Hall–Kier alpha value is -3.77. The Morgan fingerprint density at radius 1 is 1.03 bits per heavy atom. The second kappa shape index (κ2) is 8.31. The van der Waals surface area contributed by atoms with Crippen molar-refractivity contribution in [3.05, 3.63) is 100 Å². The summed E-state index contributed by atoms with van der Waals surface area (Å²) in [5.74, 6) is -0.667. The van der Waals surface area contributed by atoms with Crippen molar-refractivity contribution in [2.24, 2.45) is 0 Å². The molecule has 3 aromatic carbocycles. The highest BCUT2D eigenvalue weighted by Gasteiger charge is 2.10. The van der Waals surface area contributed by atoms with Crippen LogP contribution in [0.2, 0.25) is 0 Å². The molecule has 2 N–H and O–H groups in total. The van der Waals surface area contributed by atoms with Gasteiger partial charge in [-0.25, -0.2) is 10.5 Å². The molecule has 0 saturated heterocycles. The van der Waals surface area contributed by atoms with Gasteiger partial charge in [-0.3, -0.25) is 19.4 Å². The normalized spacial score (nSPS) is 10.9. The van der Waals surface area contributed by atoms with Gasteiger partial charge in [-0.1, -0.05) is 54.1 Å². The zero-order chi connectivity index (χ0) is 21.1. The number of aromatic nitrogens is 2. The van der Waals surface area contributed by atoms with Crippen LogP contribution in [-0.2, 0) is 13.0 Å². The van der Waals surface area contributed by atoms with Crippen LogP contribution in [0.3, 0.4) is 0 Å². The van der Waals surface area contributed by atoms with Crippen LogP contribution >= 0.6 is 0 Å². The van der Waals surface area contributed by atoms with Gasteiger partial charge in [0.15, 0.2) is 0 Å². The van der Waals surface area contributed by atoms with E-state index in [0.717, 1.165) is 16.7 Å². The summed E-state index contributed by atoms with van der Waals surface area (Å²) in [6.45, 7) is 2.54. The van der Waals surface area contributed by atoms with Crippen LogP contribution in [-0.4, -0.2) is 20.7 Å². The second-order valence-corrected chi connectivity index (χ2v) is 7.24. The number of carbonyl (C=O) groups is 1. The van der Waals surface area contributed by atoms with Crippen LogP contribution in [0.25, 0.3) is 22.0 Å². The van der Waals surface area contributed by atoms with Crippen LogP contribution < -0.4 is 11.0 Å². The van der Waals surface area contributed by atoms with Gasteiger partial charge in [-0.05, 0) is 48.2 Å². The number of nitrogens with one attached hydrogen (secondary N) is 1. The van der Waals surface area contributed by atoms with Gasteiger partial charge in [0.2, 0.25) is 0 Å². The maximum atomic E-state index is 12.9. The highest BCUT2D eigenvalue weighted by Crippen LogP contribution is 2.22. The molecule has 150 valence electrons. The van der Waals surface area contributed by atoms with Gasteiger partial charge in [0.1, 0.15) is 0 Å². The average molecular weight is 399 g/mol. The van der Waals surface area contributed by atoms with E-state index in [-0.39, 0.29) is 11.1 Å². The summed E-state index contributed by atoms with van der Waals surface area (Å²) < 4.78 is 1.54. The molecule has 1 amide bonds. The van der Waals surface area contributed by atoms with Gasteiger partial charge in [0.05, 0.1) is 17.2 Å². The number of aryl methyl sites for hydroxylation is 3. The zero-order valence-corrected chi connectivity index (χ0v) is 16.5. The molecule has 1 aromatic heterocycles. The Bertz CT molecular complexity index is 1290. The van der Waals surface area contributed by atoms with Crippen molar-refractivity contribution in [1.82, 2.24) is 15.0 Å². The fraction of sp³-hybridized carbons (Fsp3) is 0.125. The molecule has 0 unspecified atom stereocenters. The number of benzene rings is 3. The number of hydrogen-bond donors (Lipinski definition) is 2. The zero-order valence-electron chi connectivity index (χ0n) is 16.5. The Kier molecular flexibility index (Phi) is 5.41. The highest BCUT2D eigenvalue weighted by atomic mass is 16.5. The fourth-order valence-electron chi connectivity index (χ4n) is 3.50. The molecule has 0 fully saturated rings. The summed E-state index contributed by atoms with van der Waals surface area (Å²) in [7, 11) is 0. The van der Waals surface area contributed by atoms with Gasteiger partial charge in [0, 0.05) is 12.1 Å². The minimum absolute atomic E-state index is 0.201. The number of carbonyl (C=O) groups excluding carboxylic acids is 1. The van der Waals surface area contributed by atoms with Crippen LogP contribution in [0.15, 0.2) is 77.9 Å². The Labute approximate surface area is 173 Å². The lowest BCUT2D eigenvalue weighted by Crippen LogP contribution is -2.23. The molecule has 0 spiro atoms. The maximum Gasteiger partial charge on any atom is 0.274 e. The number of nitrogens with zero attached hydrogens (tertiary/aromatic N) is 2. The van der Waals surface area contributed by atoms with E-state index in [9.17, 15) is 9.59 Å². The third-order valence-electron chi connectivity index (χ3n) is 5.11. The van der Waals surface area contributed by atoms with Crippen LogP contribution in [0.5, 0.6) is 0 Å².